The molecule has 4 rings (SSSR count). The molecule has 0 radical (unpaired) electrons. The third kappa shape index (κ3) is 6.99. The number of ether oxygens (including phenoxy) is 1. The first-order valence-corrected chi connectivity index (χ1v) is 12.3. The van der Waals surface area contributed by atoms with Crippen molar-refractivity contribution in [2.75, 3.05) is 52.4 Å². The van der Waals surface area contributed by atoms with Gasteiger partial charge in [-0.05, 0) is 30.2 Å². The van der Waals surface area contributed by atoms with E-state index in [2.05, 4.69) is 20.5 Å². The molecule has 2 amide bonds. The maximum Gasteiger partial charge on any atom is 0.268 e. The molecule has 196 valence electrons. The molecule has 2 saturated heterocycles. The summed E-state index contributed by atoms with van der Waals surface area (Å²) in [5.74, 6) is -3.66. The first-order valence-electron chi connectivity index (χ1n) is 12.3. The Morgan fingerprint density at radius 1 is 1.22 bits per heavy atom. The molecule has 2 aromatic rings. The topological polar surface area (TPSA) is 111 Å². The van der Waals surface area contributed by atoms with Crippen LogP contribution in [0.25, 0.3) is 11.1 Å². The van der Waals surface area contributed by atoms with Crippen LogP contribution < -0.4 is 15.4 Å². The number of alkyl halides is 2. The number of hydrogen-bond acceptors (Lipinski definition) is 7. The van der Waals surface area contributed by atoms with Crippen LogP contribution in [0.2, 0.25) is 0 Å². The summed E-state index contributed by atoms with van der Waals surface area (Å²) in [7, 11) is 0. The van der Waals surface area contributed by atoms with Crippen molar-refractivity contribution in [3.8, 4) is 22.9 Å². The Hall–Kier alpha value is -3.62. The van der Waals surface area contributed by atoms with E-state index < -0.39 is 43.3 Å². The monoisotopic (exact) mass is 512 g/mol. The highest BCUT2D eigenvalue weighted by Crippen LogP contribution is 2.31. The fourth-order valence-corrected chi connectivity index (χ4v) is 4.51. The molecule has 2 N–H and O–H groups in total. The van der Waals surface area contributed by atoms with E-state index in [1.165, 1.54) is 12.3 Å². The first-order chi connectivity index (χ1) is 17.9. The number of nitrogens with one attached hydrogen (secondary N) is 2. The van der Waals surface area contributed by atoms with Crippen molar-refractivity contribution in [2.45, 2.75) is 24.8 Å². The number of hydrogen-bond donors (Lipinski definition) is 2. The third-order valence-electron chi connectivity index (χ3n) is 6.47. The Kier molecular flexibility index (Phi) is 8.63. The van der Waals surface area contributed by atoms with Crippen LogP contribution in [0.4, 0.5) is 8.78 Å². The predicted molar refractivity (Wildman–Crippen MR) is 132 cm³/mol. The maximum atomic E-state index is 13.6. The molecule has 0 aliphatic carbocycles. The molecule has 37 heavy (non-hydrogen) atoms. The smallest absolute Gasteiger partial charge is 0.268 e. The number of halogens is 2. The lowest BCUT2D eigenvalue weighted by Crippen LogP contribution is -2.43. The van der Waals surface area contributed by atoms with Crippen LogP contribution in [0, 0.1) is 11.3 Å². The van der Waals surface area contributed by atoms with Gasteiger partial charge in [0.05, 0.1) is 31.3 Å². The Labute approximate surface area is 214 Å². The van der Waals surface area contributed by atoms with E-state index in [0.29, 0.717) is 12.2 Å². The van der Waals surface area contributed by atoms with E-state index in [4.69, 9.17) is 10.00 Å². The van der Waals surface area contributed by atoms with Crippen LogP contribution in [0.5, 0.6) is 5.75 Å². The van der Waals surface area contributed by atoms with E-state index in [1.54, 1.807) is 12.3 Å². The Bertz CT molecular complexity index is 1130. The van der Waals surface area contributed by atoms with Gasteiger partial charge in [0.25, 0.3) is 11.8 Å². The van der Waals surface area contributed by atoms with Gasteiger partial charge in [-0.15, -0.1) is 0 Å². The van der Waals surface area contributed by atoms with Gasteiger partial charge in [-0.25, -0.2) is 8.78 Å². The van der Waals surface area contributed by atoms with Crippen molar-refractivity contribution in [3.05, 3.63) is 48.3 Å². The molecule has 1 aromatic heterocycles. The number of pyridine rings is 1. The number of piperazine rings is 1. The molecule has 1 aromatic carbocycles. The van der Waals surface area contributed by atoms with Gasteiger partial charge in [-0.3, -0.25) is 14.6 Å². The van der Waals surface area contributed by atoms with Gasteiger partial charge in [0.1, 0.15) is 11.8 Å². The molecule has 1 atom stereocenters. The van der Waals surface area contributed by atoms with Crippen molar-refractivity contribution in [1.82, 2.24) is 25.4 Å². The van der Waals surface area contributed by atoms with Crippen molar-refractivity contribution >= 4 is 11.8 Å². The van der Waals surface area contributed by atoms with Gasteiger partial charge >= 0.3 is 0 Å². The van der Waals surface area contributed by atoms with Gasteiger partial charge in [0.2, 0.25) is 5.91 Å². The lowest BCUT2D eigenvalue weighted by molar-refractivity contribution is -0.131. The highest BCUT2D eigenvalue weighted by atomic mass is 19.3. The lowest BCUT2D eigenvalue weighted by atomic mass is 10.0. The Morgan fingerprint density at radius 2 is 1.97 bits per heavy atom. The van der Waals surface area contributed by atoms with Crippen LogP contribution in [-0.4, -0.2) is 91.0 Å². The van der Waals surface area contributed by atoms with E-state index >= 15 is 0 Å². The SMILES string of the molecule is N#C[C@@H]1CC(F)(F)CN1C(=O)CNC(=O)c1ccncc1-c1ccc(OCCCN2CCNCC2)cc1. The highest BCUT2D eigenvalue weighted by molar-refractivity contribution is 6.02. The number of rotatable bonds is 9. The summed E-state index contributed by atoms with van der Waals surface area (Å²) < 4.78 is 33.1. The quantitative estimate of drug-likeness (QED) is 0.494. The summed E-state index contributed by atoms with van der Waals surface area (Å²) >= 11 is 0. The van der Waals surface area contributed by atoms with Crippen molar-refractivity contribution in [2.24, 2.45) is 0 Å². The van der Waals surface area contributed by atoms with Gasteiger partial charge in [-0.2, -0.15) is 5.26 Å². The Balaban J connectivity index is 1.32. The maximum absolute atomic E-state index is 13.6. The highest BCUT2D eigenvalue weighted by Gasteiger charge is 2.47. The molecule has 3 heterocycles. The largest absolute Gasteiger partial charge is 0.494 e. The van der Waals surface area contributed by atoms with Gasteiger partial charge < -0.3 is 25.2 Å². The van der Waals surface area contributed by atoms with Crippen LogP contribution in [0.1, 0.15) is 23.2 Å². The molecule has 2 aliphatic heterocycles. The van der Waals surface area contributed by atoms with Crippen molar-refractivity contribution in [3.63, 3.8) is 0 Å². The molecule has 0 spiro atoms. The molecular formula is C26H30F2N6O3. The van der Waals surface area contributed by atoms with E-state index in [-0.39, 0.29) is 5.56 Å². The zero-order valence-electron chi connectivity index (χ0n) is 20.5. The zero-order chi connectivity index (χ0) is 26.3. The average molecular weight is 513 g/mol. The lowest BCUT2D eigenvalue weighted by Gasteiger charge is -2.26. The normalized spacial score (nSPS) is 19.3. The number of likely N-dealkylation sites (tertiary alicyclic amines) is 1. The number of nitriles is 1. The standard InChI is InChI=1S/C26H30F2N6O3/c27-26(28)14-20(15-29)34(18-26)24(35)17-32-25(36)22-6-7-31-16-23(22)19-2-4-21(5-3-19)37-13-1-10-33-11-8-30-9-12-33/h2-7,16,20,30H,1,8-14,17-18H2,(H,32,36)/t20-/m0/s1. The van der Waals surface area contributed by atoms with Gasteiger partial charge in [0, 0.05) is 57.1 Å². The van der Waals surface area contributed by atoms with Crippen LogP contribution in [-0.2, 0) is 4.79 Å². The molecule has 0 unspecified atom stereocenters. The second-order valence-electron chi connectivity index (χ2n) is 9.15. The minimum absolute atomic E-state index is 0.288. The average Bonchev–Trinajstić information content (AvgIpc) is 3.25. The second-order valence-corrected chi connectivity index (χ2v) is 9.15. The molecular weight excluding hydrogens is 482 g/mol. The van der Waals surface area contributed by atoms with E-state index in [0.717, 1.165) is 55.4 Å². The van der Waals surface area contributed by atoms with Gasteiger partial charge in [-0.1, -0.05) is 12.1 Å². The molecule has 9 nitrogen and oxygen atoms in total. The van der Waals surface area contributed by atoms with Crippen LogP contribution in [0.3, 0.4) is 0 Å². The molecule has 2 fully saturated rings. The minimum Gasteiger partial charge on any atom is -0.494 e. The molecule has 0 bridgehead atoms. The fourth-order valence-electron chi connectivity index (χ4n) is 4.51. The first kappa shape index (κ1) is 26.4. The van der Waals surface area contributed by atoms with E-state index in [9.17, 15) is 18.4 Å². The summed E-state index contributed by atoms with van der Waals surface area (Å²) in [4.78, 5) is 32.6. The number of aromatic nitrogens is 1. The van der Waals surface area contributed by atoms with Crippen LogP contribution in [0.15, 0.2) is 42.7 Å². The number of amides is 2. The minimum atomic E-state index is -3.11. The zero-order valence-corrected chi connectivity index (χ0v) is 20.5. The second kappa shape index (κ2) is 12.1. The number of carbonyl (C=O) groups is 2. The van der Waals surface area contributed by atoms with Gasteiger partial charge in [0.15, 0.2) is 0 Å². The third-order valence-corrected chi connectivity index (χ3v) is 6.47. The summed E-state index contributed by atoms with van der Waals surface area (Å²) in [6.07, 6.45) is 3.24. The predicted octanol–water partition coefficient (Wildman–Crippen LogP) is 1.91. The summed E-state index contributed by atoms with van der Waals surface area (Å²) in [6.45, 7) is 4.43. The van der Waals surface area contributed by atoms with Crippen molar-refractivity contribution < 1.29 is 23.1 Å². The molecule has 11 heteroatoms. The Morgan fingerprint density at radius 3 is 2.70 bits per heavy atom. The van der Waals surface area contributed by atoms with E-state index in [1.807, 2.05) is 24.3 Å². The number of carbonyl (C=O) groups excluding carboxylic acids is 2. The van der Waals surface area contributed by atoms with Crippen molar-refractivity contribution in [1.29, 1.82) is 5.26 Å². The van der Waals surface area contributed by atoms with Crippen LogP contribution >= 0.6 is 0 Å². The number of benzene rings is 1. The number of nitrogens with zero attached hydrogens (tertiary/aromatic N) is 4. The fraction of sp³-hybridized carbons (Fsp3) is 0.462. The summed E-state index contributed by atoms with van der Waals surface area (Å²) in [5, 5.41) is 14.9. The molecule has 2 aliphatic rings. The summed E-state index contributed by atoms with van der Waals surface area (Å²) in [5.41, 5.74) is 1.58. The molecule has 0 saturated carbocycles. The summed E-state index contributed by atoms with van der Waals surface area (Å²) in [6, 6.07) is 9.35.